The highest BCUT2D eigenvalue weighted by atomic mass is 16.2. The number of hydrogen-bond acceptors (Lipinski definition) is 3. The third-order valence-electron chi connectivity index (χ3n) is 4.12. The second-order valence-corrected chi connectivity index (χ2v) is 5.89. The summed E-state index contributed by atoms with van der Waals surface area (Å²) in [5.74, 6) is 0.311. The molecule has 110 valence electrons. The van der Waals surface area contributed by atoms with E-state index in [2.05, 4.69) is 0 Å². The summed E-state index contributed by atoms with van der Waals surface area (Å²) < 4.78 is 0. The van der Waals surface area contributed by atoms with Gasteiger partial charge < -0.3 is 15.5 Å². The molecule has 2 amide bonds. The van der Waals surface area contributed by atoms with E-state index < -0.39 is 5.41 Å². The van der Waals surface area contributed by atoms with Crippen molar-refractivity contribution in [3.63, 3.8) is 0 Å². The van der Waals surface area contributed by atoms with Gasteiger partial charge in [-0.1, -0.05) is 20.8 Å². The maximum atomic E-state index is 12.4. The largest absolute Gasteiger partial charge is 0.339 e. The molecule has 1 aliphatic heterocycles. The quantitative estimate of drug-likeness (QED) is 0.816. The van der Waals surface area contributed by atoms with E-state index in [-0.39, 0.29) is 17.7 Å². The molecule has 0 spiro atoms. The van der Waals surface area contributed by atoms with E-state index >= 15 is 0 Å². The Morgan fingerprint density at radius 1 is 1.16 bits per heavy atom. The molecule has 0 aromatic rings. The third-order valence-corrected chi connectivity index (χ3v) is 4.12. The molecule has 5 heteroatoms. The van der Waals surface area contributed by atoms with Crippen molar-refractivity contribution in [1.29, 1.82) is 0 Å². The maximum Gasteiger partial charge on any atom is 0.229 e. The summed E-state index contributed by atoms with van der Waals surface area (Å²) in [6, 6.07) is 0. The highest BCUT2D eigenvalue weighted by Gasteiger charge is 2.35. The van der Waals surface area contributed by atoms with Gasteiger partial charge in [-0.15, -0.1) is 0 Å². The molecule has 1 unspecified atom stereocenters. The molecule has 0 bridgehead atoms. The third kappa shape index (κ3) is 3.47. The van der Waals surface area contributed by atoms with E-state index in [1.54, 1.807) is 0 Å². The molecule has 19 heavy (non-hydrogen) atoms. The summed E-state index contributed by atoms with van der Waals surface area (Å²) in [4.78, 5) is 28.0. The van der Waals surface area contributed by atoms with Crippen molar-refractivity contribution in [3.8, 4) is 0 Å². The average Bonchev–Trinajstić information content (AvgIpc) is 2.44. The van der Waals surface area contributed by atoms with Crippen LogP contribution in [0.2, 0.25) is 0 Å². The summed E-state index contributed by atoms with van der Waals surface area (Å²) in [7, 11) is 0. The first-order valence-corrected chi connectivity index (χ1v) is 7.14. The molecule has 1 rings (SSSR count). The molecule has 0 aliphatic carbocycles. The number of nitrogens with two attached hydrogens (primary N) is 1. The van der Waals surface area contributed by atoms with Gasteiger partial charge in [0.05, 0.1) is 5.41 Å². The molecule has 1 aliphatic rings. The maximum absolute atomic E-state index is 12.4. The van der Waals surface area contributed by atoms with E-state index in [1.165, 1.54) is 0 Å². The number of rotatable bonds is 4. The topological polar surface area (TPSA) is 66.6 Å². The molecule has 1 saturated heterocycles. The molecule has 2 N–H and O–H groups in total. The van der Waals surface area contributed by atoms with Gasteiger partial charge in [-0.2, -0.15) is 0 Å². The van der Waals surface area contributed by atoms with Crippen molar-refractivity contribution in [3.05, 3.63) is 0 Å². The van der Waals surface area contributed by atoms with Crippen LogP contribution < -0.4 is 5.73 Å². The normalized spacial score (nSPS) is 19.5. The molecular weight excluding hydrogens is 242 g/mol. The minimum absolute atomic E-state index is 0.0206. The van der Waals surface area contributed by atoms with Gasteiger partial charge in [0.25, 0.3) is 0 Å². The van der Waals surface area contributed by atoms with Gasteiger partial charge in [-0.05, 0) is 13.3 Å². The number of amides is 2. The first-order chi connectivity index (χ1) is 8.85. The van der Waals surface area contributed by atoms with Crippen molar-refractivity contribution < 1.29 is 9.59 Å². The fourth-order valence-corrected chi connectivity index (χ4v) is 2.26. The van der Waals surface area contributed by atoms with E-state index in [0.29, 0.717) is 32.7 Å². The lowest BCUT2D eigenvalue weighted by Crippen LogP contribution is -2.55. The summed E-state index contributed by atoms with van der Waals surface area (Å²) in [6.45, 7) is 10.6. The van der Waals surface area contributed by atoms with Gasteiger partial charge in [0.2, 0.25) is 11.8 Å². The monoisotopic (exact) mass is 269 g/mol. The van der Waals surface area contributed by atoms with Gasteiger partial charge in [0.15, 0.2) is 0 Å². The van der Waals surface area contributed by atoms with Gasteiger partial charge >= 0.3 is 0 Å². The molecule has 1 fully saturated rings. The minimum atomic E-state index is -0.468. The van der Waals surface area contributed by atoms with Crippen molar-refractivity contribution in [1.82, 2.24) is 9.80 Å². The standard InChI is InChI=1S/C14H27N3O2/c1-5-14(4,10-15)13(19)17-8-6-16(7-9-17)12(18)11(2)3/h11H,5-10,15H2,1-4H3. The van der Waals surface area contributed by atoms with Crippen LogP contribution in [-0.2, 0) is 9.59 Å². The van der Waals surface area contributed by atoms with E-state index in [9.17, 15) is 9.59 Å². The van der Waals surface area contributed by atoms with Crippen LogP contribution in [0.25, 0.3) is 0 Å². The van der Waals surface area contributed by atoms with Gasteiger partial charge in [-0.25, -0.2) is 0 Å². The van der Waals surface area contributed by atoms with Crippen LogP contribution in [0.3, 0.4) is 0 Å². The predicted octanol–water partition coefficient (Wildman–Crippen LogP) is 0.688. The van der Waals surface area contributed by atoms with Crippen LogP contribution in [0, 0.1) is 11.3 Å². The summed E-state index contributed by atoms with van der Waals surface area (Å²) >= 11 is 0. The number of hydrogen-bond donors (Lipinski definition) is 1. The van der Waals surface area contributed by atoms with E-state index in [1.807, 2.05) is 37.5 Å². The lowest BCUT2D eigenvalue weighted by molar-refractivity contribution is -0.147. The Hall–Kier alpha value is -1.10. The predicted molar refractivity (Wildman–Crippen MR) is 75.5 cm³/mol. The molecule has 0 aromatic carbocycles. The van der Waals surface area contributed by atoms with Crippen molar-refractivity contribution in [2.24, 2.45) is 17.1 Å². The van der Waals surface area contributed by atoms with Crippen LogP contribution in [-0.4, -0.2) is 54.3 Å². The SMILES string of the molecule is CCC(C)(CN)C(=O)N1CCN(C(=O)C(C)C)CC1. The molecule has 1 atom stereocenters. The smallest absolute Gasteiger partial charge is 0.229 e. The Morgan fingerprint density at radius 3 is 2.00 bits per heavy atom. The number of carbonyl (C=O) groups excluding carboxylic acids is 2. The summed E-state index contributed by atoms with van der Waals surface area (Å²) in [6.07, 6.45) is 0.744. The molecule has 1 heterocycles. The van der Waals surface area contributed by atoms with Crippen molar-refractivity contribution in [2.45, 2.75) is 34.1 Å². The van der Waals surface area contributed by atoms with Crippen molar-refractivity contribution >= 4 is 11.8 Å². The lowest BCUT2D eigenvalue weighted by Gasteiger charge is -2.39. The fourth-order valence-electron chi connectivity index (χ4n) is 2.26. The number of piperazine rings is 1. The molecule has 0 aromatic heterocycles. The Kier molecular flexibility index (Phi) is 5.35. The lowest BCUT2D eigenvalue weighted by atomic mass is 9.86. The second kappa shape index (κ2) is 6.37. The number of carbonyl (C=O) groups is 2. The van der Waals surface area contributed by atoms with E-state index in [4.69, 9.17) is 5.73 Å². The van der Waals surface area contributed by atoms with Gasteiger partial charge in [-0.3, -0.25) is 9.59 Å². The average molecular weight is 269 g/mol. The van der Waals surface area contributed by atoms with Gasteiger partial charge in [0, 0.05) is 38.6 Å². The van der Waals surface area contributed by atoms with Crippen LogP contribution in [0.4, 0.5) is 0 Å². The Bertz CT molecular complexity index is 330. The highest BCUT2D eigenvalue weighted by Crippen LogP contribution is 2.23. The zero-order valence-corrected chi connectivity index (χ0v) is 12.6. The van der Waals surface area contributed by atoms with Gasteiger partial charge in [0.1, 0.15) is 0 Å². The first kappa shape index (κ1) is 16.0. The van der Waals surface area contributed by atoms with Crippen LogP contribution >= 0.6 is 0 Å². The molecular formula is C14H27N3O2. The first-order valence-electron chi connectivity index (χ1n) is 7.14. The highest BCUT2D eigenvalue weighted by molar-refractivity contribution is 5.83. The van der Waals surface area contributed by atoms with Crippen LogP contribution in [0.1, 0.15) is 34.1 Å². The zero-order valence-electron chi connectivity index (χ0n) is 12.6. The molecule has 0 radical (unpaired) electrons. The Balaban J connectivity index is 2.59. The van der Waals surface area contributed by atoms with E-state index in [0.717, 1.165) is 6.42 Å². The fraction of sp³-hybridized carbons (Fsp3) is 0.857. The Labute approximate surface area is 116 Å². The Morgan fingerprint density at radius 2 is 1.63 bits per heavy atom. The minimum Gasteiger partial charge on any atom is -0.339 e. The number of nitrogens with zero attached hydrogens (tertiary/aromatic N) is 2. The van der Waals surface area contributed by atoms with Crippen LogP contribution in [0.5, 0.6) is 0 Å². The van der Waals surface area contributed by atoms with Crippen LogP contribution in [0.15, 0.2) is 0 Å². The second-order valence-electron chi connectivity index (χ2n) is 5.89. The zero-order chi connectivity index (χ0) is 14.6. The summed E-state index contributed by atoms with van der Waals surface area (Å²) in [5, 5.41) is 0. The molecule has 0 saturated carbocycles. The summed E-state index contributed by atoms with van der Waals surface area (Å²) in [5.41, 5.74) is 5.26. The van der Waals surface area contributed by atoms with Crippen molar-refractivity contribution in [2.75, 3.05) is 32.7 Å². The molecule has 5 nitrogen and oxygen atoms in total.